The molecule has 6 fully saturated rings. The lowest BCUT2D eigenvalue weighted by molar-refractivity contribution is -0.266. The van der Waals surface area contributed by atoms with Gasteiger partial charge in [-0.15, -0.1) is 0 Å². The van der Waals surface area contributed by atoms with Crippen LogP contribution in [0.1, 0.15) is 13.3 Å². The number of ketones is 1. The van der Waals surface area contributed by atoms with Crippen molar-refractivity contribution in [2.45, 2.75) is 19.4 Å². The van der Waals surface area contributed by atoms with Crippen molar-refractivity contribution in [3.63, 3.8) is 0 Å². The maximum Gasteiger partial charge on any atom is 0.323 e. The molecule has 1 amide bonds. The van der Waals surface area contributed by atoms with Crippen LogP contribution in [0.3, 0.4) is 0 Å². The molecule has 6 aliphatic rings. The number of hydrogen-bond acceptors (Lipinski definition) is 5. The molecule has 1 heterocycles. The number of esters is 1. The van der Waals surface area contributed by atoms with Crippen LogP contribution in [-0.4, -0.2) is 33.7 Å². The van der Waals surface area contributed by atoms with E-state index in [1.54, 1.807) is 25.1 Å². The van der Waals surface area contributed by atoms with Crippen LogP contribution in [0.4, 0.5) is 5.69 Å². The number of carbonyl (C=O) groups is 3. The van der Waals surface area contributed by atoms with Crippen molar-refractivity contribution in [2.24, 2.45) is 46.8 Å². The zero-order valence-electron chi connectivity index (χ0n) is 15.6. The van der Waals surface area contributed by atoms with Crippen molar-refractivity contribution in [3.05, 3.63) is 28.7 Å². The van der Waals surface area contributed by atoms with Crippen LogP contribution in [0.2, 0.25) is 0 Å². The number of Topliss-reactive ketones (excluding diaryl/α,β-unsaturated/α-hetero) is 1. The van der Waals surface area contributed by atoms with Gasteiger partial charge in [0.15, 0.2) is 6.10 Å². The minimum absolute atomic E-state index is 0.0758. The number of nitrogens with one attached hydrogen (secondary N) is 3. The van der Waals surface area contributed by atoms with E-state index in [1.165, 1.54) is 0 Å². The minimum atomic E-state index is -0.958. The van der Waals surface area contributed by atoms with Gasteiger partial charge in [0, 0.05) is 17.5 Å². The molecule has 9 atom stereocenters. The number of amides is 1. The fourth-order valence-electron chi connectivity index (χ4n) is 8.05. The Kier molecular flexibility index (Phi) is 2.55. The molecule has 2 aromatic rings. The zero-order chi connectivity index (χ0) is 19.8. The lowest BCUT2D eigenvalue weighted by Crippen LogP contribution is -2.74. The summed E-state index contributed by atoms with van der Waals surface area (Å²) in [6.45, 7) is 1.55. The van der Waals surface area contributed by atoms with Crippen molar-refractivity contribution >= 4 is 34.4 Å². The lowest BCUT2D eigenvalue weighted by Gasteiger charge is -2.69. The van der Waals surface area contributed by atoms with Crippen LogP contribution in [0.15, 0.2) is 23.0 Å². The number of H-pyrrole nitrogens is 2. The third kappa shape index (κ3) is 1.51. The van der Waals surface area contributed by atoms with Gasteiger partial charge in [-0.1, -0.05) is 0 Å². The van der Waals surface area contributed by atoms with Crippen molar-refractivity contribution < 1.29 is 19.1 Å². The van der Waals surface area contributed by atoms with Gasteiger partial charge >= 0.3 is 11.7 Å². The molecule has 1 aromatic heterocycles. The second-order valence-electron chi connectivity index (χ2n) is 9.41. The smallest absolute Gasteiger partial charge is 0.323 e. The molecule has 29 heavy (non-hydrogen) atoms. The standard InChI is InChI=1S/C21H19N3O5/c1-6(18(26)22-7-2-3-10-11(4-7)24-20(28)23-10)29-19(27)21-14-9-5-8-12(14)16(21)17(25)13(8)15(9)21/h2-4,6,8-9,12-16H,5H2,1H3,(H,22,26)(H2,23,24,28). The molecule has 4 bridgehead atoms. The molecule has 0 saturated heterocycles. The van der Waals surface area contributed by atoms with E-state index in [0.717, 1.165) is 6.42 Å². The van der Waals surface area contributed by atoms with E-state index >= 15 is 0 Å². The summed E-state index contributed by atoms with van der Waals surface area (Å²) >= 11 is 0. The summed E-state index contributed by atoms with van der Waals surface area (Å²) in [5.41, 5.74) is 0.783. The molecule has 3 N–H and O–H groups in total. The molecule has 8 nitrogen and oxygen atoms in total. The van der Waals surface area contributed by atoms with Crippen molar-refractivity contribution in [2.75, 3.05) is 5.32 Å². The van der Waals surface area contributed by atoms with E-state index in [0.29, 0.717) is 40.4 Å². The number of anilines is 1. The van der Waals surface area contributed by atoms with E-state index in [-0.39, 0.29) is 35.2 Å². The van der Waals surface area contributed by atoms with E-state index in [2.05, 4.69) is 15.3 Å². The Morgan fingerprint density at radius 3 is 2.76 bits per heavy atom. The van der Waals surface area contributed by atoms with Gasteiger partial charge in [-0.05, 0) is 61.1 Å². The molecule has 6 saturated carbocycles. The van der Waals surface area contributed by atoms with Crippen LogP contribution >= 0.6 is 0 Å². The van der Waals surface area contributed by atoms with Gasteiger partial charge in [0.25, 0.3) is 5.91 Å². The Hall–Kier alpha value is -2.90. The maximum atomic E-state index is 13.1. The summed E-state index contributed by atoms with van der Waals surface area (Å²) in [7, 11) is 0. The number of aromatic nitrogens is 2. The fraction of sp³-hybridized carbons (Fsp3) is 0.524. The Morgan fingerprint density at radius 1 is 1.17 bits per heavy atom. The lowest BCUT2D eigenvalue weighted by atomic mass is 9.32. The third-order valence-corrected chi connectivity index (χ3v) is 8.65. The second-order valence-corrected chi connectivity index (χ2v) is 9.41. The third-order valence-electron chi connectivity index (χ3n) is 8.65. The Labute approximate surface area is 164 Å². The average Bonchev–Trinajstić information content (AvgIpc) is 3.31. The summed E-state index contributed by atoms with van der Waals surface area (Å²) < 4.78 is 5.60. The largest absolute Gasteiger partial charge is 0.452 e. The fourth-order valence-corrected chi connectivity index (χ4v) is 8.05. The van der Waals surface area contributed by atoms with Crippen molar-refractivity contribution in [3.8, 4) is 0 Å². The number of carbonyl (C=O) groups excluding carboxylic acids is 3. The first-order valence-electron chi connectivity index (χ1n) is 10.2. The summed E-state index contributed by atoms with van der Waals surface area (Å²) in [6, 6.07) is 5.00. The summed E-state index contributed by atoms with van der Waals surface area (Å²) in [6.07, 6.45) is 0.141. The van der Waals surface area contributed by atoms with Crippen LogP contribution in [-0.2, 0) is 19.1 Å². The normalized spacial score (nSPS) is 42.7. The monoisotopic (exact) mass is 393 g/mol. The number of imidazole rings is 1. The molecular weight excluding hydrogens is 374 g/mol. The first-order valence-corrected chi connectivity index (χ1v) is 10.2. The first-order chi connectivity index (χ1) is 13.9. The van der Waals surface area contributed by atoms with Crippen molar-refractivity contribution in [1.29, 1.82) is 0 Å². The number of benzene rings is 1. The number of ether oxygens (including phenoxy) is 1. The maximum absolute atomic E-state index is 13.1. The topological polar surface area (TPSA) is 121 Å². The van der Waals surface area contributed by atoms with Gasteiger partial charge in [0.05, 0.1) is 16.4 Å². The zero-order valence-corrected chi connectivity index (χ0v) is 15.6. The minimum Gasteiger partial charge on any atom is -0.452 e. The molecule has 9 unspecified atom stereocenters. The predicted octanol–water partition coefficient (Wildman–Crippen LogP) is 1.05. The molecule has 148 valence electrons. The summed E-state index contributed by atoms with van der Waals surface area (Å²) in [4.78, 5) is 55.0. The molecule has 8 heteroatoms. The van der Waals surface area contributed by atoms with Crippen LogP contribution < -0.4 is 11.0 Å². The van der Waals surface area contributed by atoms with Crippen LogP contribution in [0.25, 0.3) is 11.0 Å². The highest BCUT2D eigenvalue weighted by molar-refractivity contribution is 6.04. The summed E-state index contributed by atoms with van der Waals surface area (Å²) in [5, 5.41) is 2.73. The van der Waals surface area contributed by atoms with Crippen LogP contribution in [0, 0.1) is 46.8 Å². The predicted molar refractivity (Wildman–Crippen MR) is 99.6 cm³/mol. The Balaban J connectivity index is 1.08. The molecule has 0 aliphatic heterocycles. The van der Waals surface area contributed by atoms with Gasteiger partial charge in [0.1, 0.15) is 5.78 Å². The van der Waals surface area contributed by atoms with E-state index in [9.17, 15) is 19.2 Å². The number of hydrogen-bond donors (Lipinski definition) is 3. The van der Waals surface area contributed by atoms with Gasteiger partial charge < -0.3 is 20.0 Å². The van der Waals surface area contributed by atoms with E-state index in [4.69, 9.17) is 4.74 Å². The Morgan fingerprint density at radius 2 is 1.97 bits per heavy atom. The van der Waals surface area contributed by atoms with Gasteiger partial charge in [-0.2, -0.15) is 0 Å². The van der Waals surface area contributed by atoms with Gasteiger partial charge in [0.2, 0.25) is 0 Å². The number of fused-ring (bicyclic) bond motifs is 1. The van der Waals surface area contributed by atoms with Crippen molar-refractivity contribution in [1.82, 2.24) is 9.97 Å². The van der Waals surface area contributed by atoms with E-state index < -0.39 is 17.4 Å². The number of rotatable bonds is 4. The van der Waals surface area contributed by atoms with Gasteiger partial charge in [-0.3, -0.25) is 14.4 Å². The quantitative estimate of drug-likeness (QED) is 0.671. The Bertz CT molecular complexity index is 1210. The summed E-state index contributed by atoms with van der Waals surface area (Å²) in [5.74, 6) is 1.32. The van der Waals surface area contributed by atoms with Crippen LogP contribution in [0.5, 0.6) is 0 Å². The van der Waals surface area contributed by atoms with Gasteiger partial charge in [-0.25, -0.2) is 4.79 Å². The molecular formula is C21H19N3O5. The molecule has 0 radical (unpaired) electrons. The highest BCUT2D eigenvalue weighted by atomic mass is 16.5. The van der Waals surface area contributed by atoms with E-state index in [1.807, 2.05) is 0 Å². The number of aromatic amines is 2. The molecule has 6 aliphatic carbocycles. The molecule has 1 aromatic carbocycles. The SMILES string of the molecule is CC(OC(=O)C12C3C(=O)C4C5CC(C41)C2C53)C(=O)Nc1ccc2[nH]c(=O)[nH]c2c1. The first kappa shape index (κ1) is 16.0. The molecule has 0 spiro atoms. The highest BCUT2D eigenvalue weighted by Gasteiger charge is 2.96. The highest BCUT2D eigenvalue weighted by Crippen LogP contribution is 2.92. The molecule has 8 rings (SSSR count). The average molecular weight is 393 g/mol. The second kappa shape index (κ2) is 4.63.